The molecule has 2 aromatic heterocycles. The van der Waals surface area contributed by atoms with Gasteiger partial charge in [-0.25, -0.2) is 0 Å². The van der Waals surface area contributed by atoms with Crippen molar-refractivity contribution in [2.24, 2.45) is 5.92 Å². The van der Waals surface area contributed by atoms with E-state index in [1.807, 2.05) is 12.1 Å². The number of hydrogen-bond donors (Lipinski definition) is 0. The fourth-order valence-corrected chi connectivity index (χ4v) is 10.7. The van der Waals surface area contributed by atoms with Crippen LogP contribution in [-0.2, 0) is 5.41 Å². The number of hydrogen-bond acceptors (Lipinski definition) is 3. The van der Waals surface area contributed by atoms with Crippen LogP contribution in [0.4, 0.5) is 17.1 Å². The molecule has 0 saturated carbocycles. The second kappa shape index (κ2) is 14.7. The molecule has 3 nitrogen and oxygen atoms in total. The highest BCUT2D eigenvalue weighted by atomic mass is 16.3. The van der Waals surface area contributed by atoms with Gasteiger partial charge in [0.05, 0.1) is 5.41 Å². The molecule has 3 heteroatoms. The van der Waals surface area contributed by atoms with Gasteiger partial charge in [-0.2, -0.15) is 0 Å². The van der Waals surface area contributed by atoms with Gasteiger partial charge in [0, 0.05) is 38.6 Å². The lowest BCUT2D eigenvalue weighted by molar-refractivity contribution is 0.667. The van der Waals surface area contributed by atoms with Crippen molar-refractivity contribution in [1.29, 1.82) is 0 Å². The smallest absolute Gasteiger partial charge is 0.135 e. The third-order valence-electron chi connectivity index (χ3n) is 13.9. The van der Waals surface area contributed by atoms with Gasteiger partial charge in [0.25, 0.3) is 0 Å². The molecule has 0 saturated heterocycles. The molecule has 11 aromatic rings. The zero-order chi connectivity index (χ0) is 43.1. The summed E-state index contributed by atoms with van der Waals surface area (Å²) in [5, 5.41) is 4.43. The van der Waals surface area contributed by atoms with E-state index in [0.29, 0.717) is 5.92 Å². The maximum Gasteiger partial charge on any atom is 0.135 e. The Bertz CT molecular complexity index is 3580. The summed E-state index contributed by atoms with van der Waals surface area (Å²) in [7, 11) is 0. The summed E-state index contributed by atoms with van der Waals surface area (Å²) in [6.07, 6.45) is 8.01. The molecule has 0 bridgehead atoms. The Hall–Kier alpha value is -8.14. The predicted octanol–water partition coefficient (Wildman–Crippen LogP) is 17.0. The Labute approximate surface area is 377 Å². The Kier molecular flexibility index (Phi) is 8.48. The molecule has 0 amide bonds. The van der Waals surface area contributed by atoms with Gasteiger partial charge in [-0.3, -0.25) is 0 Å². The number of allylic oxidation sites excluding steroid dienone is 4. The molecule has 0 spiro atoms. The van der Waals surface area contributed by atoms with Crippen molar-refractivity contribution in [3.8, 4) is 22.3 Å². The lowest BCUT2D eigenvalue weighted by Crippen LogP contribution is -2.28. The maximum absolute atomic E-state index is 6.45. The van der Waals surface area contributed by atoms with Crippen molar-refractivity contribution >= 4 is 66.5 Å². The van der Waals surface area contributed by atoms with E-state index in [2.05, 4.69) is 224 Å². The van der Waals surface area contributed by atoms with Crippen LogP contribution in [0.5, 0.6) is 0 Å². The van der Waals surface area contributed by atoms with Crippen LogP contribution in [0.1, 0.15) is 41.2 Å². The monoisotopic (exact) mass is 833 g/mol. The first-order chi connectivity index (χ1) is 32.1. The number of anilines is 3. The van der Waals surface area contributed by atoms with E-state index in [1.54, 1.807) is 0 Å². The second-order valence-corrected chi connectivity index (χ2v) is 17.7. The highest BCUT2D eigenvalue weighted by Crippen LogP contribution is 2.58. The minimum atomic E-state index is -0.704. The summed E-state index contributed by atoms with van der Waals surface area (Å²) in [6.45, 7) is 2.27. The van der Waals surface area contributed by atoms with Crippen LogP contribution in [0.25, 0.3) is 71.7 Å². The molecule has 2 aliphatic rings. The minimum Gasteiger partial charge on any atom is -0.456 e. The minimum absolute atomic E-state index is 0.562. The Morgan fingerprint density at radius 2 is 0.954 bits per heavy atom. The van der Waals surface area contributed by atoms with Gasteiger partial charge in [-0.15, -0.1) is 0 Å². The third-order valence-corrected chi connectivity index (χ3v) is 13.9. The average molecular weight is 834 g/mol. The molecular weight excluding hydrogens is 791 g/mol. The standard InChI is InChI=1S/C62H43NO2/c1-40-19-21-42(22-20-40)44-25-31-48(32-26-44)63(47-29-23-43(24-30-47)41-11-3-2-4-12-41)49-33-34-51-50-13-5-8-16-56(50)62(57(51)39-49,45-27-35-60-54(37-45)52-14-6-9-17-58(52)64-60)46-28-36-61-55(38-46)53-15-7-10-18-59(53)65-61/h2-19,21-40H,20H2,1H3. The first-order valence-electron chi connectivity index (χ1n) is 22.6. The fraction of sp³-hybridized carbons (Fsp3) is 0.0645. The number of para-hydroxylation sites is 2. The van der Waals surface area contributed by atoms with Gasteiger partial charge < -0.3 is 13.7 Å². The molecule has 1 unspecified atom stereocenters. The summed E-state index contributed by atoms with van der Waals surface area (Å²) in [5.74, 6) is 0.562. The van der Waals surface area contributed by atoms with Crippen LogP contribution >= 0.6 is 0 Å². The predicted molar refractivity (Wildman–Crippen MR) is 269 cm³/mol. The van der Waals surface area contributed by atoms with Gasteiger partial charge in [0.1, 0.15) is 22.3 Å². The number of furan rings is 2. The van der Waals surface area contributed by atoms with Gasteiger partial charge in [-0.05, 0) is 141 Å². The van der Waals surface area contributed by atoms with Crippen molar-refractivity contribution in [1.82, 2.24) is 0 Å². The van der Waals surface area contributed by atoms with Crippen molar-refractivity contribution in [2.75, 3.05) is 4.90 Å². The zero-order valence-corrected chi connectivity index (χ0v) is 35.9. The zero-order valence-electron chi connectivity index (χ0n) is 35.9. The average Bonchev–Trinajstić information content (AvgIpc) is 4.03. The highest BCUT2D eigenvalue weighted by molar-refractivity contribution is 6.07. The fourth-order valence-electron chi connectivity index (χ4n) is 10.7. The summed E-state index contributed by atoms with van der Waals surface area (Å²) in [5.41, 5.74) is 18.3. The topological polar surface area (TPSA) is 29.5 Å². The third kappa shape index (κ3) is 5.89. The molecule has 2 heterocycles. The molecule has 308 valence electrons. The Balaban J connectivity index is 1.06. The van der Waals surface area contributed by atoms with Crippen LogP contribution in [0, 0.1) is 5.92 Å². The summed E-state index contributed by atoms with van der Waals surface area (Å²) < 4.78 is 12.9. The maximum atomic E-state index is 6.45. The van der Waals surface area contributed by atoms with Crippen LogP contribution in [0.15, 0.2) is 233 Å². The SMILES string of the molecule is CC1C=CC(c2ccc(N(c3ccc(-c4ccccc4)cc3)c3ccc4c(c3)C(c3ccc5oc6ccccc6c5c3)(c3ccc5oc6ccccc6c5c3)c3ccccc3-4)cc2)=CC1. The molecule has 13 rings (SSSR count). The molecule has 65 heavy (non-hydrogen) atoms. The molecule has 2 aliphatic carbocycles. The van der Waals surface area contributed by atoms with Gasteiger partial charge >= 0.3 is 0 Å². The lowest BCUT2D eigenvalue weighted by Gasteiger charge is -2.35. The van der Waals surface area contributed by atoms with Crippen LogP contribution in [-0.4, -0.2) is 0 Å². The van der Waals surface area contributed by atoms with Gasteiger partial charge in [0.15, 0.2) is 0 Å². The summed E-state index contributed by atoms with van der Waals surface area (Å²) in [4.78, 5) is 2.42. The van der Waals surface area contributed by atoms with Crippen LogP contribution in [0.2, 0.25) is 0 Å². The van der Waals surface area contributed by atoms with E-state index >= 15 is 0 Å². The number of rotatable bonds is 7. The summed E-state index contributed by atoms with van der Waals surface area (Å²) in [6, 6.07) is 75.2. The van der Waals surface area contributed by atoms with E-state index in [4.69, 9.17) is 8.83 Å². The molecule has 1 atom stereocenters. The molecule has 0 radical (unpaired) electrons. The van der Waals surface area contributed by atoms with E-state index in [0.717, 1.165) is 67.4 Å². The second-order valence-electron chi connectivity index (χ2n) is 17.7. The molecule has 0 N–H and O–H groups in total. The summed E-state index contributed by atoms with van der Waals surface area (Å²) >= 11 is 0. The van der Waals surface area contributed by atoms with E-state index in [-0.39, 0.29) is 0 Å². The number of nitrogens with zero attached hydrogens (tertiary/aromatic N) is 1. The number of benzene rings is 9. The van der Waals surface area contributed by atoms with E-state index < -0.39 is 5.41 Å². The normalized spacial score (nSPS) is 15.1. The van der Waals surface area contributed by atoms with E-state index in [1.165, 1.54) is 55.6 Å². The quantitative estimate of drug-likeness (QED) is 0.160. The number of fused-ring (bicyclic) bond motifs is 9. The van der Waals surface area contributed by atoms with Crippen LogP contribution in [0.3, 0.4) is 0 Å². The van der Waals surface area contributed by atoms with Crippen molar-refractivity contribution in [3.05, 3.63) is 252 Å². The molecular formula is C62H43NO2. The molecule has 0 fully saturated rings. The van der Waals surface area contributed by atoms with Crippen LogP contribution < -0.4 is 4.90 Å². The van der Waals surface area contributed by atoms with Crippen molar-refractivity contribution in [3.63, 3.8) is 0 Å². The van der Waals surface area contributed by atoms with Crippen molar-refractivity contribution in [2.45, 2.75) is 18.8 Å². The Morgan fingerprint density at radius 1 is 0.431 bits per heavy atom. The largest absolute Gasteiger partial charge is 0.456 e. The van der Waals surface area contributed by atoms with Gasteiger partial charge in [-0.1, -0.05) is 159 Å². The van der Waals surface area contributed by atoms with Gasteiger partial charge in [0.2, 0.25) is 0 Å². The van der Waals surface area contributed by atoms with E-state index in [9.17, 15) is 0 Å². The highest BCUT2D eigenvalue weighted by Gasteiger charge is 2.47. The molecule has 9 aromatic carbocycles. The first kappa shape index (κ1) is 37.4. The Morgan fingerprint density at radius 3 is 1.58 bits per heavy atom. The first-order valence-corrected chi connectivity index (χ1v) is 22.6. The van der Waals surface area contributed by atoms with Crippen molar-refractivity contribution < 1.29 is 8.83 Å². The lowest BCUT2D eigenvalue weighted by atomic mass is 9.67. The molecule has 0 aliphatic heterocycles.